The number of anilines is 2. The van der Waals surface area contributed by atoms with Gasteiger partial charge in [0, 0.05) is 19.2 Å². The molecule has 1 aromatic heterocycles. The molecule has 0 fully saturated rings. The molecule has 0 radical (unpaired) electrons. The zero-order valence-corrected chi connectivity index (χ0v) is 11.5. The highest BCUT2D eigenvalue weighted by molar-refractivity contribution is 5.48. The second-order valence-corrected chi connectivity index (χ2v) is 4.50. The second kappa shape index (κ2) is 6.13. The maximum atomic E-state index is 5.36. The first-order chi connectivity index (χ1) is 10.3. The Kier molecular flexibility index (Phi) is 3.86. The third-order valence-electron chi connectivity index (χ3n) is 3.01. The van der Waals surface area contributed by atoms with Gasteiger partial charge in [-0.3, -0.25) is 0 Å². The van der Waals surface area contributed by atoms with Gasteiger partial charge in [-0.1, -0.05) is 12.1 Å². The molecule has 2 aromatic rings. The molecule has 0 bridgehead atoms. The van der Waals surface area contributed by atoms with Crippen molar-refractivity contribution in [3.05, 3.63) is 48.8 Å². The minimum atomic E-state index is 0.288. The number of nitrogens with zero attached hydrogens (tertiary/aromatic N) is 2. The van der Waals surface area contributed by atoms with E-state index in [1.54, 1.807) is 6.08 Å². The Balaban J connectivity index is 1.63. The molecule has 6 nitrogen and oxygen atoms in total. The summed E-state index contributed by atoms with van der Waals surface area (Å²) in [6.45, 7) is 5.26. The second-order valence-electron chi connectivity index (χ2n) is 4.50. The Morgan fingerprint density at radius 2 is 1.90 bits per heavy atom. The van der Waals surface area contributed by atoms with Crippen molar-refractivity contribution < 1.29 is 9.47 Å². The zero-order chi connectivity index (χ0) is 14.5. The van der Waals surface area contributed by atoms with Crippen LogP contribution in [0.3, 0.4) is 0 Å². The highest BCUT2D eigenvalue weighted by Crippen LogP contribution is 2.32. The molecule has 0 atom stereocenters. The average molecular weight is 284 g/mol. The standard InChI is InChI=1S/C15H16N4O2/c1-2-5-16-14-7-15(19-9-18-14)17-8-11-3-4-12-13(6-11)21-10-20-12/h2-4,6-7,9H,1,5,8,10H2,(H2,16,17,18,19). The quantitative estimate of drug-likeness (QED) is 0.794. The molecule has 2 N–H and O–H groups in total. The van der Waals surface area contributed by atoms with Gasteiger partial charge in [0.05, 0.1) is 0 Å². The van der Waals surface area contributed by atoms with E-state index in [1.807, 2.05) is 24.3 Å². The molecule has 0 saturated heterocycles. The average Bonchev–Trinajstić information content (AvgIpc) is 2.99. The van der Waals surface area contributed by atoms with Crippen LogP contribution in [0.2, 0.25) is 0 Å². The van der Waals surface area contributed by atoms with Crippen molar-refractivity contribution in [3.63, 3.8) is 0 Å². The van der Waals surface area contributed by atoms with E-state index in [0.29, 0.717) is 13.1 Å². The van der Waals surface area contributed by atoms with Crippen LogP contribution in [-0.4, -0.2) is 23.3 Å². The van der Waals surface area contributed by atoms with E-state index in [9.17, 15) is 0 Å². The number of fused-ring (bicyclic) bond motifs is 1. The van der Waals surface area contributed by atoms with Crippen LogP contribution in [0, 0.1) is 0 Å². The monoisotopic (exact) mass is 284 g/mol. The molecule has 1 aliphatic heterocycles. The van der Waals surface area contributed by atoms with Gasteiger partial charge >= 0.3 is 0 Å². The van der Waals surface area contributed by atoms with Crippen LogP contribution in [0.15, 0.2) is 43.2 Å². The maximum absolute atomic E-state index is 5.36. The molecule has 6 heteroatoms. The Morgan fingerprint density at radius 1 is 1.10 bits per heavy atom. The third-order valence-corrected chi connectivity index (χ3v) is 3.01. The fourth-order valence-corrected chi connectivity index (χ4v) is 1.97. The summed E-state index contributed by atoms with van der Waals surface area (Å²) in [5, 5.41) is 6.38. The normalized spacial score (nSPS) is 12.0. The van der Waals surface area contributed by atoms with Crippen LogP contribution in [0.5, 0.6) is 11.5 Å². The van der Waals surface area contributed by atoms with Crippen LogP contribution in [0.4, 0.5) is 11.6 Å². The fraction of sp³-hybridized carbons (Fsp3) is 0.200. The van der Waals surface area contributed by atoms with Crippen LogP contribution in [-0.2, 0) is 6.54 Å². The molecule has 0 amide bonds. The van der Waals surface area contributed by atoms with Crippen molar-refractivity contribution in [3.8, 4) is 11.5 Å². The first kappa shape index (κ1) is 13.2. The molecule has 1 aromatic carbocycles. The van der Waals surface area contributed by atoms with Crippen molar-refractivity contribution in [1.82, 2.24) is 9.97 Å². The van der Waals surface area contributed by atoms with Gasteiger partial charge in [-0.25, -0.2) is 9.97 Å². The lowest BCUT2D eigenvalue weighted by Crippen LogP contribution is -2.05. The van der Waals surface area contributed by atoms with Crippen LogP contribution in [0.1, 0.15) is 5.56 Å². The molecule has 3 rings (SSSR count). The van der Waals surface area contributed by atoms with E-state index in [0.717, 1.165) is 28.7 Å². The topological polar surface area (TPSA) is 68.3 Å². The molecule has 0 spiro atoms. The number of nitrogens with one attached hydrogen (secondary N) is 2. The molecule has 108 valence electrons. The van der Waals surface area contributed by atoms with Crippen molar-refractivity contribution >= 4 is 11.6 Å². The molecule has 2 heterocycles. The zero-order valence-electron chi connectivity index (χ0n) is 11.5. The number of hydrogen-bond acceptors (Lipinski definition) is 6. The van der Waals surface area contributed by atoms with E-state index in [1.165, 1.54) is 6.33 Å². The molecular weight excluding hydrogens is 268 g/mol. The Morgan fingerprint density at radius 3 is 2.76 bits per heavy atom. The highest BCUT2D eigenvalue weighted by Gasteiger charge is 2.12. The molecule has 0 saturated carbocycles. The Bertz CT molecular complexity index is 645. The van der Waals surface area contributed by atoms with Crippen LogP contribution >= 0.6 is 0 Å². The molecule has 0 aliphatic carbocycles. The van der Waals surface area contributed by atoms with Gasteiger partial charge < -0.3 is 20.1 Å². The summed E-state index contributed by atoms with van der Waals surface area (Å²) in [5.74, 6) is 3.09. The van der Waals surface area contributed by atoms with Gasteiger partial charge in [0.15, 0.2) is 11.5 Å². The summed E-state index contributed by atoms with van der Waals surface area (Å²) in [4.78, 5) is 8.32. The summed E-state index contributed by atoms with van der Waals surface area (Å²) < 4.78 is 10.6. The minimum Gasteiger partial charge on any atom is -0.454 e. The number of ether oxygens (including phenoxy) is 2. The highest BCUT2D eigenvalue weighted by atomic mass is 16.7. The van der Waals surface area contributed by atoms with Gasteiger partial charge in [-0.05, 0) is 17.7 Å². The minimum absolute atomic E-state index is 0.288. The molecule has 0 unspecified atom stereocenters. The van der Waals surface area contributed by atoms with Crippen LogP contribution in [0.25, 0.3) is 0 Å². The summed E-state index contributed by atoms with van der Waals surface area (Å²) in [7, 11) is 0. The third kappa shape index (κ3) is 3.22. The lowest BCUT2D eigenvalue weighted by molar-refractivity contribution is 0.174. The molecule has 21 heavy (non-hydrogen) atoms. The number of rotatable bonds is 6. The van der Waals surface area contributed by atoms with Crippen molar-refractivity contribution in [1.29, 1.82) is 0 Å². The van der Waals surface area contributed by atoms with Gasteiger partial charge in [0.2, 0.25) is 6.79 Å². The first-order valence-corrected chi connectivity index (χ1v) is 6.64. The Hall–Kier alpha value is -2.76. The van der Waals surface area contributed by atoms with Crippen LogP contribution < -0.4 is 20.1 Å². The van der Waals surface area contributed by atoms with Gasteiger partial charge in [0.1, 0.15) is 18.0 Å². The van der Waals surface area contributed by atoms with Crippen molar-refractivity contribution in [2.24, 2.45) is 0 Å². The van der Waals surface area contributed by atoms with Gasteiger partial charge in [-0.2, -0.15) is 0 Å². The number of aromatic nitrogens is 2. The molecule has 1 aliphatic rings. The smallest absolute Gasteiger partial charge is 0.231 e. The van der Waals surface area contributed by atoms with E-state index in [2.05, 4.69) is 27.2 Å². The van der Waals surface area contributed by atoms with E-state index in [-0.39, 0.29) is 6.79 Å². The van der Waals surface area contributed by atoms with Crippen molar-refractivity contribution in [2.75, 3.05) is 24.0 Å². The van der Waals surface area contributed by atoms with E-state index < -0.39 is 0 Å². The first-order valence-electron chi connectivity index (χ1n) is 6.64. The number of hydrogen-bond donors (Lipinski definition) is 2. The summed E-state index contributed by atoms with van der Waals surface area (Å²) in [6.07, 6.45) is 3.30. The lowest BCUT2D eigenvalue weighted by atomic mass is 10.2. The SMILES string of the molecule is C=CCNc1cc(NCc2ccc3c(c2)OCO3)ncn1. The van der Waals surface area contributed by atoms with E-state index >= 15 is 0 Å². The maximum Gasteiger partial charge on any atom is 0.231 e. The number of benzene rings is 1. The predicted octanol–water partition coefficient (Wildman–Crippen LogP) is 2.42. The Labute approximate surface area is 122 Å². The largest absolute Gasteiger partial charge is 0.454 e. The van der Waals surface area contributed by atoms with Gasteiger partial charge in [-0.15, -0.1) is 6.58 Å². The molecular formula is C15H16N4O2. The fourth-order valence-electron chi connectivity index (χ4n) is 1.97. The lowest BCUT2D eigenvalue weighted by Gasteiger charge is -2.08. The summed E-state index contributed by atoms with van der Waals surface area (Å²) in [5.41, 5.74) is 1.10. The van der Waals surface area contributed by atoms with E-state index in [4.69, 9.17) is 9.47 Å². The van der Waals surface area contributed by atoms with Gasteiger partial charge in [0.25, 0.3) is 0 Å². The summed E-state index contributed by atoms with van der Waals surface area (Å²) in [6, 6.07) is 7.73. The summed E-state index contributed by atoms with van der Waals surface area (Å²) >= 11 is 0. The predicted molar refractivity (Wildman–Crippen MR) is 80.6 cm³/mol. The van der Waals surface area contributed by atoms with Crippen molar-refractivity contribution in [2.45, 2.75) is 6.54 Å².